The Balaban J connectivity index is 1.81. The molecule has 0 aromatic carbocycles. The molecule has 1 saturated carbocycles. The number of carbonyl (C=O) groups excluding carboxylic acids is 1. The van der Waals surface area contributed by atoms with Crippen LogP contribution in [0.3, 0.4) is 0 Å². The molecule has 2 fully saturated rings. The fraction of sp³-hybridized carbons (Fsp3) is 0.688. The van der Waals surface area contributed by atoms with Gasteiger partial charge in [-0.3, -0.25) is 4.79 Å². The number of ether oxygens (including phenoxy) is 1. The molecule has 6 nitrogen and oxygen atoms in total. The molecule has 2 atom stereocenters. The number of hydrogen-bond acceptors (Lipinski definition) is 5. The fourth-order valence-corrected chi connectivity index (χ4v) is 3.24. The maximum absolute atomic E-state index is 12.7. The molecule has 1 amide bonds. The van der Waals surface area contributed by atoms with Crippen LogP contribution in [0, 0.1) is 6.92 Å². The van der Waals surface area contributed by atoms with Crippen LogP contribution in [0.1, 0.15) is 56.8 Å². The van der Waals surface area contributed by atoms with Crippen molar-refractivity contribution in [3.05, 3.63) is 23.4 Å². The minimum atomic E-state index is -0.303. The quantitative estimate of drug-likeness (QED) is 0.785. The lowest BCUT2D eigenvalue weighted by molar-refractivity contribution is -0.142. The Labute approximate surface area is 130 Å². The molecule has 0 N–H and O–H groups in total. The van der Waals surface area contributed by atoms with Gasteiger partial charge in [-0.1, -0.05) is 17.2 Å². The van der Waals surface area contributed by atoms with Crippen molar-refractivity contribution in [3.63, 3.8) is 0 Å². The van der Waals surface area contributed by atoms with Gasteiger partial charge in [-0.05, 0) is 39.5 Å². The van der Waals surface area contributed by atoms with Crippen molar-refractivity contribution < 1.29 is 14.1 Å². The molecule has 1 saturated heterocycles. The number of aromatic nitrogens is 2. The van der Waals surface area contributed by atoms with E-state index in [0.29, 0.717) is 24.9 Å². The van der Waals surface area contributed by atoms with Crippen LogP contribution in [-0.2, 0) is 9.53 Å². The van der Waals surface area contributed by atoms with Crippen molar-refractivity contribution in [2.24, 2.45) is 0 Å². The molecule has 22 heavy (non-hydrogen) atoms. The summed E-state index contributed by atoms with van der Waals surface area (Å²) in [5.74, 6) is 1.07. The number of aryl methyl sites for hydroxylation is 1. The molecule has 1 aliphatic heterocycles. The van der Waals surface area contributed by atoms with Gasteiger partial charge in [0.1, 0.15) is 6.04 Å². The average molecular weight is 305 g/mol. The summed E-state index contributed by atoms with van der Waals surface area (Å²) in [5, 5.41) is 3.84. The first kappa shape index (κ1) is 15.2. The van der Waals surface area contributed by atoms with E-state index < -0.39 is 0 Å². The smallest absolute Gasteiger partial charge is 0.252 e. The Hall–Kier alpha value is -1.69. The summed E-state index contributed by atoms with van der Waals surface area (Å²) in [6.07, 6.45) is 7.38. The summed E-state index contributed by atoms with van der Waals surface area (Å²) < 4.78 is 11.0. The van der Waals surface area contributed by atoms with Crippen molar-refractivity contribution in [1.29, 1.82) is 0 Å². The largest absolute Gasteiger partial charge is 0.374 e. The van der Waals surface area contributed by atoms with Gasteiger partial charge in [-0.25, -0.2) is 0 Å². The molecular formula is C16H23N3O3. The normalized spacial score (nSPS) is 26.1. The number of rotatable bonds is 2. The SMILES string of the molecule is Cc1noc([C@@H]2[C@@H](C)OCCN2C(=O)C=C2CCCCC2)n1. The van der Waals surface area contributed by atoms with Gasteiger partial charge in [-0.15, -0.1) is 0 Å². The summed E-state index contributed by atoms with van der Waals surface area (Å²) in [6.45, 7) is 4.81. The minimum absolute atomic E-state index is 0.0351. The van der Waals surface area contributed by atoms with E-state index in [4.69, 9.17) is 9.26 Å². The second-order valence-electron chi connectivity index (χ2n) is 6.10. The number of allylic oxidation sites excluding steroid dienone is 1. The van der Waals surface area contributed by atoms with Gasteiger partial charge in [0.25, 0.3) is 5.89 Å². The average Bonchev–Trinajstić information content (AvgIpc) is 2.94. The molecule has 1 aliphatic carbocycles. The van der Waals surface area contributed by atoms with Crippen molar-refractivity contribution in [1.82, 2.24) is 15.0 Å². The van der Waals surface area contributed by atoms with Gasteiger partial charge in [-0.2, -0.15) is 4.98 Å². The highest BCUT2D eigenvalue weighted by atomic mass is 16.5. The molecule has 2 heterocycles. The Kier molecular flexibility index (Phi) is 4.57. The Morgan fingerprint density at radius 3 is 2.77 bits per heavy atom. The first-order valence-electron chi connectivity index (χ1n) is 8.07. The maximum Gasteiger partial charge on any atom is 0.252 e. The van der Waals surface area contributed by atoms with Crippen LogP contribution < -0.4 is 0 Å². The van der Waals surface area contributed by atoms with Gasteiger partial charge in [0.2, 0.25) is 5.91 Å². The lowest BCUT2D eigenvalue weighted by Gasteiger charge is -2.37. The summed E-state index contributed by atoms with van der Waals surface area (Å²) in [4.78, 5) is 18.8. The van der Waals surface area contributed by atoms with E-state index >= 15 is 0 Å². The van der Waals surface area contributed by atoms with Crippen LogP contribution in [0.5, 0.6) is 0 Å². The molecule has 1 aromatic heterocycles. The monoisotopic (exact) mass is 305 g/mol. The maximum atomic E-state index is 12.7. The zero-order valence-electron chi connectivity index (χ0n) is 13.2. The van der Waals surface area contributed by atoms with Gasteiger partial charge in [0.15, 0.2) is 5.82 Å². The van der Waals surface area contributed by atoms with Crippen LogP contribution in [0.15, 0.2) is 16.2 Å². The molecule has 2 aliphatic rings. The summed E-state index contributed by atoms with van der Waals surface area (Å²) in [7, 11) is 0. The minimum Gasteiger partial charge on any atom is -0.374 e. The van der Waals surface area contributed by atoms with Crippen molar-refractivity contribution in [3.8, 4) is 0 Å². The van der Waals surface area contributed by atoms with Crippen LogP contribution in [0.25, 0.3) is 0 Å². The molecule has 0 radical (unpaired) electrons. The second-order valence-corrected chi connectivity index (χ2v) is 6.10. The van der Waals surface area contributed by atoms with Crippen LogP contribution in [0.4, 0.5) is 0 Å². The van der Waals surface area contributed by atoms with Crippen LogP contribution in [-0.4, -0.2) is 40.2 Å². The predicted octanol–water partition coefficient (Wildman–Crippen LogP) is 2.56. The third-order valence-electron chi connectivity index (χ3n) is 4.40. The Bertz CT molecular complexity index is 559. The molecule has 6 heteroatoms. The van der Waals surface area contributed by atoms with Gasteiger partial charge in [0.05, 0.1) is 12.7 Å². The number of morpholine rings is 1. The van der Waals surface area contributed by atoms with E-state index in [9.17, 15) is 4.79 Å². The van der Waals surface area contributed by atoms with E-state index in [1.165, 1.54) is 24.8 Å². The zero-order chi connectivity index (χ0) is 15.5. The highest BCUT2D eigenvalue weighted by Gasteiger charge is 2.37. The Morgan fingerprint density at radius 2 is 2.09 bits per heavy atom. The lowest BCUT2D eigenvalue weighted by atomic mass is 9.94. The zero-order valence-corrected chi connectivity index (χ0v) is 13.2. The fourth-order valence-electron chi connectivity index (χ4n) is 3.24. The first-order valence-corrected chi connectivity index (χ1v) is 8.07. The van der Waals surface area contributed by atoms with Crippen molar-refractivity contribution in [2.75, 3.05) is 13.2 Å². The highest BCUT2D eigenvalue weighted by molar-refractivity contribution is 5.88. The van der Waals surface area contributed by atoms with Gasteiger partial charge >= 0.3 is 0 Å². The molecule has 1 aromatic rings. The molecule has 0 spiro atoms. The second kappa shape index (κ2) is 6.60. The number of nitrogens with zero attached hydrogens (tertiary/aromatic N) is 3. The Morgan fingerprint density at radius 1 is 1.32 bits per heavy atom. The summed E-state index contributed by atoms with van der Waals surface area (Å²) in [5.41, 5.74) is 1.26. The third kappa shape index (κ3) is 3.21. The molecular weight excluding hydrogens is 282 g/mol. The molecule has 0 unspecified atom stereocenters. The predicted molar refractivity (Wildman–Crippen MR) is 80.1 cm³/mol. The number of hydrogen-bond donors (Lipinski definition) is 0. The van der Waals surface area contributed by atoms with Crippen LogP contribution in [0.2, 0.25) is 0 Å². The van der Waals surface area contributed by atoms with Crippen LogP contribution >= 0.6 is 0 Å². The first-order chi connectivity index (χ1) is 10.6. The van der Waals surface area contributed by atoms with Gasteiger partial charge < -0.3 is 14.2 Å². The van der Waals surface area contributed by atoms with E-state index in [2.05, 4.69) is 10.1 Å². The molecule has 120 valence electrons. The van der Waals surface area contributed by atoms with Gasteiger partial charge in [0, 0.05) is 12.6 Å². The third-order valence-corrected chi connectivity index (χ3v) is 4.40. The van der Waals surface area contributed by atoms with E-state index in [1.807, 2.05) is 17.9 Å². The van der Waals surface area contributed by atoms with Crippen molar-refractivity contribution >= 4 is 5.91 Å². The van der Waals surface area contributed by atoms with E-state index in [1.54, 1.807) is 6.92 Å². The number of carbonyl (C=O) groups is 1. The summed E-state index contributed by atoms with van der Waals surface area (Å²) in [6, 6.07) is -0.303. The topological polar surface area (TPSA) is 68.5 Å². The lowest BCUT2D eigenvalue weighted by Crippen LogP contribution is -2.47. The molecule has 3 rings (SSSR count). The summed E-state index contributed by atoms with van der Waals surface area (Å²) >= 11 is 0. The van der Waals surface area contributed by atoms with Crippen molar-refractivity contribution in [2.45, 2.75) is 58.1 Å². The van der Waals surface area contributed by atoms with E-state index in [-0.39, 0.29) is 18.1 Å². The van der Waals surface area contributed by atoms with E-state index in [0.717, 1.165) is 12.8 Å². The number of amides is 1. The molecule has 0 bridgehead atoms. The standard InChI is InChI=1S/C16H23N3O3/c1-11-15(16-17-12(2)18-22-16)19(8-9-21-11)14(20)10-13-6-4-3-5-7-13/h10-11,15H,3-9H2,1-2H3/t11-,15+/m1/s1. The highest BCUT2D eigenvalue weighted by Crippen LogP contribution is 2.30.